The zero-order chi connectivity index (χ0) is 89.0. The molecular formula is C93H82F3N9O16. The van der Waals surface area contributed by atoms with E-state index in [4.69, 9.17) is 20.6 Å². The zero-order valence-corrected chi connectivity index (χ0v) is 66.4. The van der Waals surface area contributed by atoms with Crippen LogP contribution in [0.4, 0.5) is 41.6 Å². The van der Waals surface area contributed by atoms with E-state index in [2.05, 4.69) is 76.9 Å². The summed E-state index contributed by atoms with van der Waals surface area (Å²) in [6.07, 6.45) is 3.70. The Hall–Kier alpha value is -15.9. The summed E-state index contributed by atoms with van der Waals surface area (Å²) in [5.74, 6) is -8.46. The Balaban J connectivity index is 0.000000234. The van der Waals surface area contributed by atoms with Crippen molar-refractivity contribution in [2.45, 2.75) is 106 Å². The SMILES string of the molecule is C=C(C)c1ccc(NC(=O)c2ccccc2C(=O)O)cc1C#N.CC(=O)c1ccccc1C(=O)Nc1ccc(OC(F)(F)F)c(C#N)c1.CCCCc1ccc(NC(=O)c2ccccc2C(=O)O)c(C#N)c1.CCCCc1ccc(NC(=O)c2ccccc2C(=O)O)cc1C#N.CCCCc1ccc(NC(=O)c2ccccc2C(=O)O)cc1C(C)=O. The van der Waals surface area contributed by atoms with E-state index >= 15 is 0 Å². The van der Waals surface area contributed by atoms with Crippen LogP contribution in [0.25, 0.3) is 5.57 Å². The summed E-state index contributed by atoms with van der Waals surface area (Å²) in [7, 11) is 0. The van der Waals surface area contributed by atoms with Gasteiger partial charge in [-0.1, -0.05) is 138 Å². The standard InChI is InChI=1S/C20H21NO4.2C19H18N2O3.C18H14N2O3.C17H11F3N2O3/c1-3-4-7-14-10-11-15(12-18(14)13(2)22)21-19(23)16-8-5-6-9-17(16)20(24)25;1-2-3-6-13-9-10-15(11-14(13)12-20)21-18(22)16-7-4-5-8-17(16)19(23)24;1-2-3-6-13-9-10-17(14(11-13)12-20)21-18(22)15-7-4-5-8-16(15)19(23)24;1-11(2)14-8-7-13(9-12(14)10-19)20-17(21)15-5-3-4-6-16(15)18(22)23;1-10(23)13-4-2-3-5-14(13)16(24)22-12-6-7-15(11(8-12)9-21)25-17(18,19)20/h5-6,8-12H,3-4,7H2,1-2H3,(H,21,23)(H,24,25);2*4-5,7-11H,2-3,6H2,1H3,(H,21,22)(H,23,24);3-9H,1H2,2H3,(H,20,21)(H,22,23);2-8H,1H3,(H,22,24). The summed E-state index contributed by atoms with van der Waals surface area (Å²) in [6, 6.07) is 61.6. The van der Waals surface area contributed by atoms with E-state index in [9.17, 15) is 86.8 Å². The van der Waals surface area contributed by atoms with Crippen molar-refractivity contribution in [2.24, 2.45) is 0 Å². The number of anilines is 5. The quantitative estimate of drug-likeness (QED) is 0.0216. The van der Waals surface area contributed by atoms with E-state index < -0.39 is 71.1 Å². The van der Waals surface area contributed by atoms with Gasteiger partial charge in [-0.05, 0) is 208 Å². The molecule has 0 aliphatic rings. The van der Waals surface area contributed by atoms with Gasteiger partial charge in [0.15, 0.2) is 11.6 Å². The van der Waals surface area contributed by atoms with Gasteiger partial charge in [-0.2, -0.15) is 21.0 Å². The molecule has 0 unspecified atom stereocenters. The third-order valence-corrected chi connectivity index (χ3v) is 17.7. The summed E-state index contributed by atoms with van der Waals surface area (Å²) in [5, 5.41) is 86.4. The van der Waals surface area contributed by atoms with Gasteiger partial charge >= 0.3 is 30.2 Å². The van der Waals surface area contributed by atoms with Crippen LogP contribution in [0.1, 0.15) is 239 Å². The number of benzene rings is 10. The maximum Gasteiger partial charge on any atom is 0.573 e. The van der Waals surface area contributed by atoms with Crippen molar-refractivity contribution < 1.29 is 91.1 Å². The summed E-state index contributed by atoms with van der Waals surface area (Å²) >= 11 is 0. The number of amides is 5. The van der Waals surface area contributed by atoms with Crippen LogP contribution in [0.15, 0.2) is 219 Å². The lowest BCUT2D eigenvalue weighted by molar-refractivity contribution is -0.274. The Labute approximate surface area is 694 Å². The van der Waals surface area contributed by atoms with E-state index in [0.717, 1.165) is 98.2 Å². The van der Waals surface area contributed by atoms with Crippen LogP contribution in [0, 0.1) is 45.3 Å². The number of unbranched alkanes of at least 4 members (excludes halogenated alkanes) is 3. The lowest BCUT2D eigenvalue weighted by Gasteiger charge is -2.12. The van der Waals surface area contributed by atoms with E-state index in [0.29, 0.717) is 50.6 Å². The number of alkyl halides is 3. The van der Waals surface area contributed by atoms with Crippen LogP contribution in [-0.4, -0.2) is 91.8 Å². The lowest BCUT2D eigenvalue weighted by atomic mass is 9.98. The molecule has 10 aromatic rings. The summed E-state index contributed by atoms with van der Waals surface area (Å²) in [6.45, 7) is 14.7. The molecule has 616 valence electrons. The number of carbonyl (C=O) groups excluding carboxylic acids is 7. The number of ketones is 2. The summed E-state index contributed by atoms with van der Waals surface area (Å²) < 4.78 is 40.6. The van der Waals surface area contributed by atoms with E-state index in [1.54, 1.807) is 122 Å². The van der Waals surface area contributed by atoms with Gasteiger partial charge < -0.3 is 51.7 Å². The number of Topliss-reactive ketones (excluding diaryl/α,β-unsaturated/α-hetero) is 2. The monoisotopic (exact) mass is 1640 g/mol. The Bertz CT molecular complexity index is 5770. The Morgan fingerprint density at radius 3 is 1.04 bits per heavy atom. The number of carboxylic acid groups (broad SMARTS) is 4. The van der Waals surface area contributed by atoms with Crippen LogP contribution in [-0.2, 0) is 19.3 Å². The number of nitrogens with one attached hydrogen (secondary N) is 5. The van der Waals surface area contributed by atoms with Crippen molar-refractivity contribution in [1.29, 1.82) is 21.0 Å². The number of aryl methyl sites for hydroxylation is 3. The number of nitrogens with zero attached hydrogens (tertiary/aromatic N) is 4. The van der Waals surface area contributed by atoms with Crippen molar-refractivity contribution >= 4 is 99.0 Å². The van der Waals surface area contributed by atoms with E-state index in [1.165, 1.54) is 80.6 Å². The number of hydrogen-bond acceptors (Lipinski definition) is 16. The minimum absolute atomic E-state index is 0.0579. The molecule has 0 radical (unpaired) electrons. The zero-order valence-electron chi connectivity index (χ0n) is 66.4. The molecule has 121 heavy (non-hydrogen) atoms. The predicted octanol–water partition coefficient (Wildman–Crippen LogP) is 19.3. The number of carboxylic acids is 4. The molecule has 0 aromatic heterocycles. The Morgan fingerprint density at radius 2 is 0.669 bits per heavy atom. The highest BCUT2D eigenvalue weighted by Gasteiger charge is 2.33. The molecule has 10 rings (SSSR count). The molecule has 0 saturated carbocycles. The fraction of sp³-hybridized carbons (Fsp3) is 0.172. The molecule has 0 atom stereocenters. The van der Waals surface area contributed by atoms with E-state index in [-0.39, 0.29) is 72.9 Å². The number of rotatable bonds is 27. The number of hydrogen-bond donors (Lipinski definition) is 9. The molecule has 25 nitrogen and oxygen atoms in total. The third kappa shape index (κ3) is 27.9. The molecule has 5 amide bonds. The molecule has 10 aromatic carbocycles. The molecule has 0 aliphatic heterocycles. The summed E-state index contributed by atoms with van der Waals surface area (Å²) in [5.41, 5.74) is 8.00. The first-order valence-electron chi connectivity index (χ1n) is 37.4. The van der Waals surface area contributed by atoms with Crippen molar-refractivity contribution in [3.63, 3.8) is 0 Å². The number of ether oxygens (including phenoxy) is 1. The molecule has 0 heterocycles. The highest BCUT2D eigenvalue weighted by atomic mass is 19.4. The second kappa shape index (κ2) is 46.0. The average Bonchev–Trinajstić information content (AvgIpc) is 0.836. The number of carbonyl (C=O) groups is 11. The van der Waals surface area contributed by atoms with Gasteiger partial charge in [-0.25, -0.2) is 19.2 Å². The van der Waals surface area contributed by atoms with Crippen LogP contribution in [0.3, 0.4) is 0 Å². The second-order valence-electron chi connectivity index (χ2n) is 26.5. The molecule has 0 spiro atoms. The maximum absolute atomic E-state index is 12.4. The van der Waals surface area contributed by atoms with Crippen LogP contribution < -0.4 is 31.3 Å². The van der Waals surface area contributed by atoms with Gasteiger partial charge in [0.25, 0.3) is 29.5 Å². The molecular weight excluding hydrogens is 1560 g/mol. The first-order valence-corrected chi connectivity index (χ1v) is 37.4. The van der Waals surface area contributed by atoms with Crippen LogP contribution in [0.5, 0.6) is 5.75 Å². The van der Waals surface area contributed by atoms with Gasteiger partial charge in [0, 0.05) is 33.9 Å². The fourth-order valence-corrected chi connectivity index (χ4v) is 11.7. The highest BCUT2D eigenvalue weighted by Crippen LogP contribution is 2.31. The number of aromatic carboxylic acids is 4. The van der Waals surface area contributed by atoms with Gasteiger partial charge in [-0.3, -0.25) is 33.6 Å². The number of nitriles is 4. The lowest BCUT2D eigenvalue weighted by Crippen LogP contribution is -2.18. The Kier molecular flexibility index (Phi) is 35.7. The number of halogens is 3. The van der Waals surface area contributed by atoms with Crippen LogP contribution in [0.2, 0.25) is 0 Å². The predicted molar refractivity (Wildman–Crippen MR) is 448 cm³/mol. The minimum Gasteiger partial charge on any atom is -0.478 e. The molecule has 0 bridgehead atoms. The van der Waals surface area contributed by atoms with Gasteiger partial charge in [-0.15, -0.1) is 13.2 Å². The topological polar surface area (TPSA) is 433 Å². The second-order valence-corrected chi connectivity index (χ2v) is 26.5. The van der Waals surface area contributed by atoms with Crippen molar-refractivity contribution in [2.75, 3.05) is 26.6 Å². The number of allylic oxidation sites excluding steroid dienone is 1. The van der Waals surface area contributed by atoms with Crippen molar-refractivity contribution in [3.05, 3.63) is 325 Å². The first kappa shape index (κ1) is 93.9. The highest BCUT2D eigenvalue weighted by molar-refractivity contribution is 6.15. The first-order chi connectivity index (χ1) is 57.7. The molecule has 9 N–H and O–H groups in total. The van der Waals surface area contributed by atoms with Crippen LogP contribution >= 0.6 is 0 Å². The normalized spacial score (nSPS) is 10.2. The average molecular weight is 1640 g/mol. The largest absolute Gasteiger partial charge is 0.573 e. The molecule has 28 heteroatoms. The molecule has 0 fully saturated rings. The summed E-state index contributed by atoms with van der Waals surface area (Å²) in [4.78, 5) is 130. The van der Waals surface area contributed by atoms with Crippen molar-refractivity contribution in [1.82, 2.24) is 0 Å². The minimum atomic E-state index is -4.93. The molecule has 0 saturated heterocycles. The molecule has 0 aliphatic carbocycles. The smallest absolute Gasteiger partial charge is 0.478 e. The van der Waals surface area contributed by atoms with Gasteiger partial charge in [0.05, 0.1) is 90.2 Å². The van der Waals surface area contributed by atoms with Gasteiger partial charge in [0.2, 0.25) is 0 Å². The van der Waals surface area contributed by atoms with Crippen molar-refractivity contribution in [3.8, 4) is 30.0 Å². The Morgan fingerprint density at radius 1 is 0.347 bits per heavy atom. The van der Waals surface area contributed by atoms with E-state index in [1.807, 2.05) is 18.2 Å². The van der Waals surface area contributed by atoms with Gasteiger partial charge in [0.1, 0.15) is 17.9 Å². The fourth-order valence-electron chi connectivity index (χ4n) is 11.7. The third-order valence-electron chi connectivity index (χ3n) is 17.7. The maximum atomic E-state index is 12.4.